The van der Waals surface area contributed by atoms with Gasteiger partial charge in [0.05, 0.1) is 0 Å². The second-order valence-corrected chi connectivity index (χ2v) is 7.96. The highest BCUT2D eigenvalue weighted by Crippen LogP contribution is 2.33. The van der Waals surface area contributed by atoms with Crippen molar-refractivity contribution in [2.75, 3.05) is 0 Å². The number of amides is 1. The lowest BCUT2D eigenvalue weighted by atomic mass is 9.85. The summed E-state index contributed by atoms with van der Waals surface area (Å²) in [4.78, 5) is 10.8. The molecule has 1 aliphatic rings. The van der Waals surface area contributed by atoms with Crippen LogP contribution >= 0.6 is 0 Å². The van der Waals surface area contributed by atoms with E-state index in [0.29, 0.717) is 11.8 Å². The van der Waals surface area contributed by atoms with Gasteiger partial charge < -0.3 is 19.7 Å². The first kappa shape index (κ1) is 20.2. The van der Waals surface area contributed by atoms with Gasteiger partial charge >= 0.3 is 6.09 Å². The Morgan fingerprint density at radius 3 is 2.57 bits per heavy atom. The van der Waals surface area contributed by atoms with E-state index in [0.717, 1.165) is 43.1 Å². The summed E-state index contributed by atoms with van der Waals surface area (Å²) in [7, 11) is 1.98. The van der Waals surface area contributed by atoms with Gasteiger partial charge in [-0.1, -0.05) is 26.0 Å². The first-order valence-corrected chi connectivity index (χ1v) is 10.0. The normalized spacial score (nSPS) is 20.8. The van der Waals surface area contributed by atoms with Gasteiger partial charge in [-0.2, -0.15) is 0 Å². The SMILES string of the molecule is CC(C)c1cccc(OC(C)c2nnc(C3CCC(NC(=O)O)CC3)n2C)c1. The van der Waals surface area contributed by atoms with Crippen LogP contribution in [-0.4, -0.2) is 32.0 Å². The molecule has 1 unspecified atom stereocenters. The zero-order valence-electron chi connectivity index (χ0n) is 17.1. The predicted molar refractivity (Wildman–Crippen MR) is 107 cm³/mol. The van der Waals surface area contributed by atoms with E-state index in [-0.39, 0.29) is 12.1 Å². The Bertz CT molecular complexity index is 810. The van der Waals surface area contributed by atoms with Gasteiger partial charge in [0.15, 0.2) is 11.9 Å². The van der Waals surface area contributed by atoms with E-state index in [1.165, 1.54) is 5.56 Å². The number of ether oxygens (including phenoxy) is 1. The highest BCUT2D eigenvalue weighted by atomic mass is 16.5. The summed E-state index contributed by atoms with van der Waals surface area (Å²) in [5.41, 5.74) is 1.25. The molecule has 1 saturated carbocycles. The van der Waals surface area contributed by atoms with E-state index >= 15 is 0 Å². The van der Waals surface area contributed by atoms with Gasteiger partial charge in [0.1, 0.15) is 11.6 Å². The molecule has 1 atom stereocenters. The summed E-state index contributed by atoms with van der Waals surface area (Å²) in [6.07, 6.45) is 2.31. The number of aromatic nitrogens is 3. The van der Waals surface area contributed by atoms with Crippen LogP contribution in [0.4, 0.5) is 4.79 Å². The third-order valence-electron chi connectivity index (χ3n) is 5.56. The van der Waals surface area contributed by atoms with E-state index < -0.39 is 6.09 Å². The van der Waals surface area contributed by atoms with Crippen molar-refractivity contribution in [3.8, 4) is 5.75 Å². The van der Waals surface area contributed by atoms with Crippen LogP contribution in [0.1, 0.15) is 81.6 Å². The topological polar surface area (TPSA) is 89.3 Å². The Balaban J connectivity index is 1.66. The molecule has 1 aromatic heterocycles. The maximum absolute atomic E-state index is 10.8. The Hall–Kier alpha value is -2.57. The summed E-state index contributed by atoms with van der Waals surface area (Å²) in [6.45, 7) is 6.32. The van der Waals surface area contributed by atoms with Crippen LogP contribution in [0, 0.1) is 0 Å². The third kappa shape index (κ3) is 4.64. The van der Waals surface area contributed by atoms with E-state index in [2.05, 4.69) is 41.5 Å². The van der Waals surface area contributed by atoms with Crippen molar-refractivity contribution in [1.82, 2.24) is 20.1 Å². The maximum Gasteiger partial charge on any atom is 0.404 e. The lowest BCUT2D eigenvalue weighted by Gasteiger charge is -2.27. The minimum absolute atomic E-state index is 0.0388. The summed E-state index contributed by atoms with van der Waals surface area (Å²) < 4.78 is 8.17. The number of benzene rings is 1. The molecule has 1 aromatic carbocycles. The number of hydrogen-bond donors (Lipinski definition) is 2. The van der Waals surface area contributed by atoms with Gasteiger partial charge in [-0.15, -0.1) is 10.2 Å². The number of carbonyl (C=O) groups is 1. The van der Waals surface area contributed by atoms with Crippen LogP contribution in [0.3, 0.4) is 0 Å². The molecule has 1 heterocycles. The van der Waals surface area contributed by atoms with E-state index in [4.69, 9.17) is 9.84 Å². The lowest BCUT2D eigenvalue weighted by molar-refractivity contribution is 0.184. The van der Waals surface area contributed by atoms with Crippen molar-refractivity contribution in [3.05, 3.63) is 41.5 Å². The molecule has 2 N–H and O–H groups in total. The molecule has 1 aliphatic carbocycles. The van der Waals surface area contributed by atoms with E-state index in [9.17, 15) is 4.79 Å². The fourth-order valence-corrected chi connectivity index (χ4v) is 3.94. The standard InChI is InChI=1S/C21H30N4O3/c1-13(2)16-6-5-7-18(12-16)28-14(3)19-23-24-20(25(19)4)15-8-10-17(11-9-15)22-21(26)27/h5-7,12-15,17,22H,8-11H2,1-4H3,(H,26,27). The molecule has 1 fully saturated rings. The molecule has 2 aromatic rings. The van der Waals surface area contributed by atoms with Gasteiger partial charge in [0.2, 0.25) is 0 Å². The van der Waals surface area contributed by atoms with Crippen molar-refractivity contribution >= 4 is 6.09 Å². The Morgan fingerprint density at radius 1 is 1.21 bits per heavy atom. The largest absolute Gasteiger partial charge is 0.483 e. The number of hydrogen-bond acceptors (Lipinski definition) is 4. The summed E-state index contributed by atoms with van der Waals surface area (Å²) >= 11 is 0. The summed E-state index contributed by atoms with van der Waals surface area (Å²) in [5, 5.41) is 20.3. The van der Waals surface area contributed by atoms with Crippen molar-refractivity contribution in [3.63, 3.8) is 0 Å². The molecule has 3 rings (SSSR count). The maximum atomic E-state index is 10.8. The second kappa shape index (κ2) is 8.63. The molecule has 1 amide bonds. The molecule has 152 valence electrons. The second-order valence-electron chi connectivity index (χ2n) is 7.96. The fourth-order valence-electron chi connectivity index (χ4n) is 3.94. The highest BCUT2D eigenvalue weighted by molar-refractivity contribution is 5.64. The molecule has 28 heavy (non-hydrogen) atoms. The number of carboxylic acid groups (broad SMARTS) is 1. The molecule has 0 radical (unpaired) electrons. The number of rotatable bonds is 6. The molecule has 7 nitrogen and oxygen atoms in total. The van der Waals surface area contributed by atoms with Crippen molar-refractivity contribution in [1.29, 1.82) is 0 Å². The fraction of sp³-hybridized carbons (Fsp3) is 0.571. The van der Waals surface area contributed by atoms with Crippen molar-refractivity contribution in [2.24, 2.45) is 7.05 Å². The number of nitrogens with one attached hydrogen (secondary N) is 1. The van der Waals surface area contributed by atoms with Crippen LogP contribution in [0.25, 0.3) is 0 Å². The van der Waals surface area contributed by atoms with Crippen LogP contribution in [0.15, 0.2) is 24.3 Å². The van der Waals surface area contributed by atoms with Gasteiger partial charge in [0, 0.05) is 19.0 Å². The Morgan fingerprint density at radius 2 is 1.93 bits per heavy atom. The van der Waals surface area contributed by atoms with E-state index in [1.807, 2.05) is 30.7 Å². The van der Waals surface area contributed by atoms with Gasteiger partial charge in [-0.3, -0.25) is 0 Å². The first-order valence-electron chi connectivity index (χ1n) is 10.0. The minimum Gasteiger partial charge on any atom is -0.483 e. The summed E-state index contributed by atoms with van der Waals surface area (Å²) in [5.74, 6) is 3.34. The smallest absolute Gasteiger partial charge is 0.404 e. The van der Waals surface area contributed by atoms with Crippen LogP contribution in [0.2, 0.25) is 0 Å². The molecule has 0 bridgehead atoms. The molecule has 0 aliphatic heterocycles. The number of nitrogens with zero attached hydrogens (tertiary/aromatic N) is 3. The molecule has 0 saturated heterocycles. The molecule has 0 spiro atoms. The van der Waals surface area contributed by atoms with Gasteiger partial charge in [0.25, 0.3) is 0 Å². The predicted octanol–water partition coefficient (Wildman–Crippen LogP) is 4.37. The average molecular weight is 386 g/mol. The van der Waals surface area contributed by atoms with Gasteiger partial charge in [-0.05, 0) is 56.2 Å². The Labute approximate surface area is 166 Å². The van der Waals surface area contributed by atoms with Crippen LogP contribution in [0.5, 0.6) is 5.75 Å². The highest BCUT2D eigenvalue weighted by Gasteiger charge is 2.28. The van der Waals surface area contributed by atoms with Crippen molar-refractivity contribution < 1.29 is 14.6 Å². The third-order valence-corrected chi connectivity index (χ3v) is 5.56. The van der Waals surface area contributed by atoms with Crippen LogP contribution < -0.4 is 10.1 Å². The Kier molecular flexibility index (Phi) is 6.21. The zero-order valence-corrected chi connectivity index (χ0v) is 17.1. The molecule has 7 heteroatoms. The first-order chi connectivity index (χ1) is 13.3. The monoisotopic (exact) mass is 386 g/mol. The molecular formula is C21H30N4O3. The van der Waals surface area contributed by atoms with Gasteiger partial charge in [-0.25, -0.2) is 4.79 Å². The molecular weight excluding hydrogens is 356 g/mol. The summed E-state index contributed by atoms with van der Waals surface area (Å²) in [6, 6.07) is 8.21. The minimum atomic E-state index is -0.947. The quantitative estimate of drug-likeness (QED) is 0.769. The zero-order chi connectivity index (χ0) is 20.3. The van der Waals surface area contributed by atoms with Crippen LogP contribution in [-0.2, 0) is 7.05 Å². The van der Waals surface area contributed by atoms with Crippen molar-refractivity contribution in [2.45, 2.75) is 70.4 Å². The lowest BCUT2D eigenvalue weighted by Crippen LogP contribution is -2.36. The average Bonchev–Trinajstić information content (AvgIpc) is 3.03. The van der Waals surface area contributed by atoms with E-state index in [1.54, 1.807) is 0 Å².